The first kappa shape index (κ1) is 9.07. The highest BCUT2D eigenvalue weighted by Crippen LogP contribution is 2.21. The molecule has 1 fully saturated rings. The standard InChI is InChI=1S/C8H15NOS/c1-8(2,3)7(10)6-4-11-5-9-6/h6,9H,4-5H2,1-3H3/t6-/m0/s1. The fourth-order valence-corrected chi connectivity index (χ4v) is 2.03. The Morgan fingerprint density at radius 2 is 2.18 bits per heavy atom. The summed E-state index contributed by atoms with van der Waals surface area (Å²) in [6.07, 6.45) is 0. The highest BCUT2D eigenvalue weighted by Gasteiger charge is 2.31. The van der Waals surface area contributed by atoms with Crippen molar-refractivity contribution in [2.24, 2.45) is 5.41 Å². The number of thioether (sulfide) groups is 1. The van der Waals surface area contributed by atoms with Gasteiger partial charge < -0.3 is 0 Å². The average Bonchev–Trinajstić information content (AvgIpc) is 2.34. The van der Waals surface area contributed by atoms with E-state index in [1.54, 1.807) is 11.8 Å². The molecule has 1 N–H and O–H groups in total. The number of ketones is 1. The average molecular weight is 173 g/mol. The van der Waals surface area contributed by atoms with E-state index in [9.17, 15) is 4.79 Å². The number of hydrogen-bond acceptors (Lipinski definition) is 3. The van der Waals surface area contributed by atoms with Crippen LogP contribution in [-0.2, 0) is 4.79 Å². The van der Waals surface area contributed by atoms with Gasteiger partial charge in [-0.15, -0.1) is 11.8 Å². The van der Waals surface area contributed by atoms with Gasteiger partial charge in [0.2, 0.25) is 0 Å². The van der Waals surface area contributed by atoms with Gasteiger partial charge in [-0.25, -0.2) is 0 Å². The topological polar surface area (TPSA) is 29.1 Å². The Morgan fingerprint density at radius 1 is 1.55 bits per heavy atom. The monoisotopic (exact) mass is 173 g/mol. The highest BCUT2D eigenvalue weighted by atomic mass is 32.2. The van der Waals surface area contributed by atoms with Crippen molar-refractivity contribution in [2.45, 2.75) is 26.8 Å². The summed E-state index contributed by atoms with van der Waals surface area (Å²) < 4.78 is 0. The molecule has 11 heavy (non-hydrogen) atoms. The van der Waals surface area contributed by atoms with Crippen LogP contribution < -0.4 is 5.32 Å². The van der Waals surface area contributed by atoms with Crippen LogP contribution >= 0.6 is 11.8 Å². The summed E-state index contributed by atoms with van der Waals surface area (Å²) in [5, 5.41) is 3.18. The van der Waals surface area contributed by atoms with Gasteiger partial charge in [0.25, 0.3) is 0 Å². The molecular weight excluding hydrogens is 158 g/mol. The van der Waals surface area contributed by atoms with Crippen molar-refractivity contribution in [3.05, 3.63) is 0 Å². The van der Waals surface area contributed by atoms with Crippen molar-refractivity contribution in [2.75, 3.05) is 11.6 Å². The molecule has 1 saturated heterocycles. The van der Waals surface area contributed by atoms with Gasteiger partial charge in [-0.1, -0.05) is 20.8 Å². The SMILES string of the molecule is CC(C)(C)C(=O)[C@@H]1CSCN1. The molecule has 3 heteroatoms. The summed E-state index contributed by atoms with van der Waals surface area (Å²) in [7, 11) is 0. The maximum Gasteiger partial charge on any atom is 0.155 e. The third-order valence-electron chi connectivity index (χ3n) is 1.77. The van der Waals surface area contributed by atoms with Gasteiger partial charge >= 0.3 is 0 Å². The van der Waals surface area contributed by atoms with E-state index in [0.29, 0.717) is 5.78 Å². The normalized spacial score (nSPS) is 25.5. The summed E-state index contributed by atoms with van der Waals surface area (Å²) in [6.45, 7) is 5.92. The number of nitrogens with one attached hydrogen (secondary N) is 1. The van der Waals surface area contributed by atoms with E-state index in [0.717, 1.165) is 11.6 Å². The van der Waals surface area contributed by atoms with Crippen molar-refractivity contribution in [1.82, 2.24) is 5.32 Å². The first-order chi connectivity index (χ1) is 5.02. The van der Waals surface area contributed by atoms with E-state index in [1.807, 2.05) is 20.8 Å². The van der Waals surface area contributed by atoms with E-state index in [2.05, 4.69) is 5.32 Å². The molecule has 0 unspecified atom stereocenters. The van der Waals surface area contributed by atoms with Gasteiger partial charge in [-0.3, -0.25) is 10.1 Å². The zero-order chi connectivity index (χ0) is 8.48. The molecule has 1 atom stereocenters. The third-order valence-corrected chi connectivity index (χ3v) is 2.71. The molecule has 0 aromatic heterocycles. The molecule has 0 bridgehead atoms. The molecule has 0 radical (unpaired) electrons. The Labute approximate surface area is 72.1 Å². The Bertz CT molecular complexity index is 156. The summed E-state index contributed by atoms with van der Waals surface area (Å²) >= 11 is 1.79. The zero-order valence-electron chi connectivity index (χ0n) is 7.31. The molecule has 1 aliphatic rings. The molecule has 0 aromatic rings. The second-order valence-electron chi connectivity index (χ2n) is 3.89. The van der Waals surface area contributed by atoms with Gasteiger partial charge in [0.1, 0.15) is 0 Å². The van der Waals surface area contributed by atoms with Crippen molar-refractivity contribution in [1.29, 1.82) is 0 Å². The van der Waals surface area contributed by atoms with Crippen molar-refractivity contribution in [3.8, 4) is 0 Å². The molecule has 0 saturated carbocycles. The van der Waals surface area contributed by atoms with Gasteiger partial charge in [-0.05, 0) is 0 Å². The highest BCUT2D eigenvalue weighted by molar-refractivity contribution is 7.99. The Morgan fingerprint density at radius 3 is 2.55 bits per heavy atom. The lowest BCUT2D eigenvalue weighted by molar-refractivity contribution is -0.127. The molecule has 0 spiro atoms. The molecule has 1 rings (SSSR count). The minimum absolute atomic E-state index is 0.0972. The van der Waals surface area contributed by atoms with Crippen LogP contribution in [0.2, 0.25) is 0 Å². The Kier molecular flexibility index (Phi) is 2.60. The van der Waals surface area contributed by atoms with Gasteiger partial charge in [0.05, 0.1) is 6.04 Å². The summed E-state index contributed by atoms with van der Waals surface area (Å²) in [5.74, 6) is 2.20. The van der Waals surface area contributed by atoms with Crippen LogP contribution in [0.25, 0.3) is 0 Å². The van der Waals surface area contributed by atoms with Crippen molar-refractivity contribution >= 4 is 17.5 Å². The second kappa shape index (κ2) is 3.15. The molecule has 1 aliphatic heterocycles. The lowest BCUT2D eigenvalue weighted by Crippen LogP contribution is -2.40. The Hall–Kier alpha value is -0.0200. The fourth-order valence-electron chi connectivity index (χ4n) is 1.09. The number of carbonyl (C=O) groups is 1. The minimum Gasteiger partial charge on any atom is -0.298 e. The second-order valence-corrected chi connectivity index (χ2v) is 4.92. The molecule has 1 heterocycles. The van der Waals surface area contributed by atoms with Crippen molar-refractivity contribution in [3.63, 3.8) is 0 Å². The molecule has 0 amide bonds. The van der Waals surface area contributed by atoms with E-state index in [-0.39, 0.29) is 11.5 Å². The molecule has 2 nitrogen and oxygen atoms in total. The van der Waals surface area contributed by atoms with Crippen LogP contribution in [0.3, 0.4) is 0 Å². The molecule has 0 aromatic carbocycles. The van der Waals surface area contributed by atoms with Crippen LogP contribution in [0.4, 0.5) is 0 Å². The van der Waals surface area contributed by atoms with Gasteiger partial charge in [0.15, 0.2) is 5.78 Å². The first-order valence-electron chi connectivity index (χ1n) is 3.87. The smallest absolute Gasteiger partial charge is 0.155 e. The summed E-state index contributed by atoms with van der Waals surface area (Å²) in [5.41, 5.74) is -0.192. The fraction of sp³-hybridized carbons (Fsp3) is 0.875. The Balaban J connectivity index is 2.53. The van der Waals surface area contributed by atoms with Crippen LogP contribution in [0.1, 0.15) is 20.8 Å². The van der Waals surface area contributed by atoms with E-state index in [1.165, 1.54) is 0 Å². The number of carbonyl (C=O) groups excluding carboxylic acids is 1. The van der Waals surface area contributed by atoms with Crippen molar-refractivity contribution < 1.29 is 4.79 Å². The lowest BCUT2D eigenvalue weighted by atomic mass is 9.87. The lowest BCUT2D eigenvalue weighted by Gasteiger charge is -2.20. The van der Waals surface area contributed by atoms with Crippen LogP contribution in [0.5, 0.6) is 0 Å². The molecular formula is C8H15NOS. The van der Waals surface area contributed by atoms with E-state index in [4.69, 9.17) is 0 Å². The van der Waals surface area contributed by atoms with Gasteiger partial charge in [0, 0.05) is 17.0 Å². The summed E-state index contributed by atoms with van der Waals surface area (Å²) in [4.78, 5) is 11.6. The predicted octanol–water partition coefficient (Wildman–Crippen LogP) is 1.26. The molecule has 0 aliphatic carbocycles. The predicted molar refractivity (Wildman–Crippen MR) is 48.7 cm³/mol. The minimum atomic E-state index is -0.192. The van der Waals surface area contributed by atoms with Gasteiger partial charge in [-0.2, -0.15) is 0 Å². The number of rotatable bonds is 1. The number of hydrogen-bond donors (Lipinski definition) is 1. The first-order valence-corrected chi connectivity index (χ1v) is 5.03. The van der Waals surface area contributed by atoms with E-state index < -0.39 is 0 Å². The van der Waals surface area contributed by atoms with Crippen LogP contribution in [0, 0.1) is 5.41 Å². The summed E-state index contributed by atoms with van der Waals surface area (Å²) in [6, 6.07) is 0.0972. The number of Topliss-reactive ketones (excluding diaryl/α,β-unsaturated/α-hetero) is 1. The maximum absolute atomic E-state index is 11.6. The maximum atomic E-state index is 11.6. The largest absolute Gasteiger partial charge is 0.298 e. The molecule has 64 valence electrons. The quantitative estimate of drug-likeness (QED) is 0.647. The van der Waals surface area contributed by atoms with Crippen LogP contribution in [-0.4, -0.2) is 23.5 Å². The zero-order valence-corrected chi connectivity index (χ0v) is 8.12. The van der Waals surface area contributed by atoms with Crippen LogP contribution in [0.15, 0.2) is 0 Å². The third kappa shape index (κ3) is 2.20. The van der Waals surface area contributed by atoms with E-state index >= 15 is 0 Å².